The Hall–Kier alpha value is -0.610. The molecule has 20 heavy (non-hydrogen) atoms. The summed E-state index contributed by atoms with van der Waals surface area (Å²) in [7, 11) is 1.72. The summed E-state index contributed by atoms with van der Waals surface area (Å²) in [4.78, 5) is 0. The lowest BCUT2D eigenvalue weighted by Gasteiger charge is -2.18. The zero-order chi connectivity index (χ0) is 14.6. The molecular formula is C16H26ClNO2. The molecule has 0 saturated heterocycles. The Bertz CT molecular complexity index is 348. The van der Waals surface area contributed by atoms with E-state index in [9.17, 15) is 0 Å². The van der Waals surface area contributed by atoms with Crippen molar-refractivity contribution in [3.05, 3.63) is 34.9 Å². The molecule has 0 saturated carbocycles. The lowest BCUT2D eigenvalue weighted by molar-refractivity contribution is 0.127. The molecule has 4 heteroatoms. The molecule has 0 radical (unpaired) electrons. The molecule has 1 unspecified atom stereocenters. The molecule has 0 aliphatic rings. The molecule has 0 aliphatic carbocycles. The van der Waals surface area contributed by atoms with E-state index >= 15 is 0 Å². The Kier molecular flexibility index (Phi) is 9.67. The second-order valence-corrected chi connectivity index (χ2v) is 5.29. The quantitative estimate of drug-likeness (QED) is 0.635. The van der Waals surface area contributed by atoms with Gasteiger partial charge in [0.05, 0.1) is 6.61 Å². The van der Waals surface area contributed by atoms with Crippen LogP contribution in [0, 0.1) is 0 Å². The molecule has 114 valence electrons. The third kappa shape index (κ3) is 7.25. The van der Waals surface area contributed by atoms with Crippen molar-refractivity contribution in [3.8, 4) is 0 Å². The van der Waals surface area contributed by atoms with Gasteiger partial charge in [0.2, 0.25) is 0 Å². The summed E-state index contributed by atoms with van der Waals surface area (Å²) in [5, 5.41) is 4.21. The fourth-order valence-electron chi connectivity index (χ4n) is 2.07. The van der Waals surface area contributed by atoms with E-state index < -0.39 is 0 Å². The van der Waals surface area contributed by atoms with Crippen LogP contribution in [0.1, 0.15) is 31.2 Å². The van der Waals surface area contributed by atoms with Gasteiger partial charge in [-0.05, 0) is 36.5 Å². The maximum absolute atomic E-state index is 6.08. The van der Waals surface area contributed by atoms with Gasteiger partial charge in [-0.2, -0.15) is 0 Å². The number of rotatable bonds is 11. The molecule has 0 aromatic heterocycles. The summed E-state index contributed by atoms with van der Waals surface area (Å²) in [5.74, 6) is 0.419. The van der Waals surface area contributed by atoms with Crippen LogP contribution in [0.15, 0.2) is 24.3 Å². The molecule has 1 rings (SSSR count). The van der Waals surface area contributed by atoms with Crippen molar-refractivity contribution in [3.63, 3.8) is 0 Å². The third-order valence-corrected chi connectivity index (χ3v) is 3.39. The maximum atomic E-state index is 6.08. The van der Waals surface area contributed by atoms with E-state index in [0.29, 0.717) is 5.92 Å². The van der Waals surface area contributed by atoms with Gasteiger partial charge in [0.25, 0.3) is 0 Å². The number of hydrogen-bond donors (Lipinski definition) is 1. The summed E-state index contributed by atoms with van der Waals surface area (Å²) >= 11 is 6.08. The van der Waals surface area contributed by atoms with E-state index in [1.54, 1.807) is 7.11 Å². The Balaban J connectivity index is 2.49. The smallest absolute Gasteiger partial charge is 0.0587 e. The van der Waals surface area contributed by atoms with Crippen LogP contribution in [0.3, 0.4) is 0 Å². The van der Waals surface area contributed by atoms with E-state index in [2.05, 4.69) is 18.3 Å². The van der Waals surface area contributed by atoms with Gasteiger partial charge in [-0.3, -0.25) is 0 Å². The highest BCUT2D eigenvalue weighted by Crippen LogP contribution is 2.22. The van der Waals surface area contributed by atoms with Gasteiger partial charge in [0.1, 0.15) is 0 Å². The molecule has 1 N–H and O–H groups in total. The Morgan fingerprint density at radius 1 is 1.25 bits per heavy atom. The minimum atomic E-state index is 0.419. The highest BCUT2D eigenvalue weighted by Gasteiger charge is 2.11. The number of nitrogens with one attached hydrogen (secondary N) is 1. The Morgan fingerprint density at radius 3 is 2.80 bits per heavy atom. The van der Waals surface area contributed by atoms with Crippen molar-refractivity contribution in [1.82, 2.24) is 5.32 Å². The number of methoxy groups -OCH3 is 1. The van der Waals surface area contributed by atoms with Gasteiger partial charge in [-0.15, -0.1) is 0 Å². The average Bonchev–Trinajstić information content (AvgIpc) is 2.45. The molecule has 0 fully saturated rings. The molecule has 1 atom stereocenters. The maximum Gasteiger partial charge on any atom is 0.0587 e. The van der Waals surface area contributed by atoms with E-state index in [0.717, 1.165) is 50.8 Å². The van der Waals surface area contributed by atoms with Gasteiger partial charge in [-0.1, -0.05) is 30.7 Å². The second kappa shape index (κ2) is 11.1. The standard InChI is InChI=1S/C16H26ClNO2/c1-3-9-20-10-7-15(13-18-8-11-19-2)14-5-4-6-16(17)12-14/h4-6,12,15,18H,3,7-11,13H2,1-2H3. The first-order valence-corrected chi connectivity index (χ1v) is 7.68. The summed E-state index contributed by atoms with van der Waals surface area (Å²) in [6.07, 6.45) is 2.06. The molecule has 1 aromatic carbocycles. The summed E-state index contributed by atoms with van der Waals surface area (Å²) in [5.41, 5.74) is 1.27. The van der Waals surface area contributed by atoms with Gasteiger partial charge < -0.3 is 14.8 Å². The minimum absolute atomic E-state index is 0.419. The lowest BCUT2D eigenvalue weighted by atomic mass is 9.96. The van der Waals surface area contributed by atoms with E-state index in [-0.39, 0.29) is 0 Å². The van der Waals surface area contributed by atoms with Crippen LogP contribution in [0.25, 0.3) is 0 Å². The van der Waals surface area contributed by atoms with Crippen LogP contribution in [0.4, 0.5) is 0 Å². The largest absolute Gasteiger partial charge is 0.383 e. The van der Waals surface area contributed by atoms with Crippen molar-refractivity contribution in [1.29, 1.82) is 0 Å². The van der Waals surface area contributed by atoms with Crippen molar-refractivity contribution in [2.45, 2.75) is 25.7 Å². The topological polar surface area (TPSA) is 30.5 Å². The van der Waals surface area contributed by atoms with Crippen LogP contribution in [0.2, 0.25) is 5.02 Å². The Labute approximate surface area is 127 Å². The van der Waals surface area contributed by atoms with E-state index in [1.807, 2.05) is 18.2 Å². The number of hydrogen-bond acceptors (Lipinski definition) is 3. The summed E-state index contributed by atoms with van der Waals surface area (Å²) in [6.45, 7) is 6.26. The fourth-order valence-corrected chi connectivity index (χ4v) is 2.27. The average molecular weight is 300 g/mol. The Morgan fingerprint density at radius 2 is 2.10 bits per heavy atom. The summed E-state index contributed by atoms with van der Waals surface area (Å²) < 4.78 is 10.7. The van der Waals surface area contributed by atoms with Gasteiger partial charge in [-0.25, -0.2) is 0 Å². The van der Waals surface area contributed by atoms with Crippen LogP contribution in [-0.4, -0.2) is 40.0 Å². The molecular weight excluding hydrogens is 274 g/mol. The molecule has 0 spiro atoms. The first-order valence-electron chi connectivity index (χ1n) is 7.30. The van der Waals surface area contributed by atoms with E-state index in [1.165, 1.54) is 5.56 Å². The van der Waals surface area contributed by atoms with Crippen LogP contribution in [-0.2, 0) is 9.47 Å². The van der Waals surface area contributed by atoms with Crippen molar-refractivity contribution >= 4 is 11.6 Å². The zero-order valence-electron chi connectivity index (χ0n) is 12.5. The molecule has 0 bridgehead atoms. The van der Waals surface area contributed by atoms with Crippen LogP contribution >= 0.6 is 11.6 Å². The van der Waals surface area contributed by atoms with E-state index in [4.69, 9.17) is 21.1 Å². The number of halogens is 1. The molecule has 0 amide bonds. The van der Waals surface area contributed by atoms with Crippen LogP contribution < -0.4 is 5.32 Å². The monoisotopic (exact) mass is 299 g/mol. The van der Waals surface area contributed by atoms with Gasteiger partial charge in [0.15, 0.2) is 0 Å². The molecule has 3 nitrogen and oxygen atoms in total. The third-order valence-electron chi connectivity index (χ3n) is 3.15. The van der Waals surface area contributed by atoms with Crippen molar-refractivity contribution in [2.24, 2.45) is 0 Å². The van der Waals surface area contributed by atoms with Crippen molar-refractivity contribution in [2.75, 3.05) is 40.0 Å². The first kappa shape index (κ1) is 17.4. The highest BCUT2D eigenvalue weighted by molar-refractivity contribution is 6.30. The summed E-state index contributed by atoms with van der Waals surface area (Å²) in [6, 6.07) is 8.10. The molecule has 0 aliphatic heterocycles. The SMILES string of the molecule is CCCOCCC(CNCCOC)c1cccc(Cl)c1. The van der Waals surface area contributed by atoms with Gasteiger partial charge >= 0.3 is 0 Å². The normalized spacial score (nSPS) is 12.6. The fraction of sp³-hybridized carbons (Fsp3) is 0.625. The molecule has 0 heterocycles. The van der Waals surface area contributed by atoms with Gasteiger partial charge in [0, 0.05) is 38.4 Å². The highest BCUT2D eigenvalue weighted by atomic mass is 35.5. The molecule has 1 aromatic rings. The second-order valence-electron chi connectivity index (χ2n) is 4.85. The predicted molar refractivity (Wildman–Crippen MR) is 84.7 cm³/mol. The minimum Gasteiger partial charge on any atom is -0.383 e. The van der Waals surface area contributed by atoms with Crippen molar-refractivity contribution < 1.29 is 9.47 Å². The zero-order valence-corrected chi connectivity index (χ0v) is 13.3. The first-order chi connectivity index (χ1) is 9.77. The van der Waals surface area contributed by atoms with Crippen LogP contribution in [0.5, 0.6) is 0 Å². The predicted octanol–water partition coefficient (Wildman–Crippen LogP) is 3.48. The number of benzene rings is 1. The lowest BCUT2D eigenvalue weighted by Crippen LogP contribution is -2.26. The number of ether oxygens (including phenoxy) is 2.